The third kappa shape index (κ3) is 3.52. The van der Waals surface area contributed by atoms with Crippen molar-refractivity contribution in [1.29, 1.82) is 5.26 Å². The van der Waals surface area contributed by atoms with Gasteiger partial charge < -0.3 is 19.3 Å². The van der Waals surface area contributed by atoms with Crippen molar-refractivity contribution in [2.75, 3.05) is 20.8 Å². The van der Waals surface area contributed by atoms with Gasteiger partial charge in [0.1, 0.15) is 5.56 Å². The highest BCUT2D eigenvalue weighted by molar-refractivity contribution is 5.93. The Morgan fingerprint density at radius 2 is 2.16 bits per heavy atom. The molecule has 0 aliphatic heterocycles. The standard InChI is InChI=1S/C13H15NO5/c1-17-12-10(19-8-4-3-7-14)6-5-9(11(12)15)13(16)18-2/h5-6,15H,3-4,8H2,1-2H3. The Balaban J connectivity index is 2.92. The molecule has 0 spiro atoms. The van der Waals surface area contributed by atoms with E-state index in [2.05, 4.69) is 4.74 Å². The molecule has 0 atom stereocenters. The van der Waals surface area contributed by atoms with Gasteiger partial charge >= 0.3 is 5.97 Å². The van der Waals surface area contributed by atoms with Crippen LogP contribution in [0.25, 0.3) is 0 Å². The van der Waals surface area contributed by atoms with Gasteiger partial charge in [0.05, 0.1) is 26.9 Å². The predicted molar refractivity (Wildman–Crippen MR) is 66.3 cm³/mol. The maximum Gasteiger partial charge on any atom is 0.341 e. The zero-order valence-corrected chi connectivity index (χ0v) is 10.8. The molecule has 0 radical (unpaired) electrons. The molecule has 0 amide bonds. The summed E-state index contributed by atoms with van der Waals surface area (Å²) in [6.07, 6.45) is 0.952. The molecule has 0 saturated heterocycles. The van der Waals surface area contributed by atoms with Gasteiger partial charge in [0.25, 0.3) is 0 Å². The first-order valence-electron chi connectivity index (χ1n) is 5.63. The summed E-state index contributed by atoms with van der Waals surface area (Å²) >= 11 is 0. The van der Waals surface area contributed by atoms with Crippen LogP contribution in [0.15, 0.2) is 12.1 Å². The normalized spacial score (nSPS) is 9.53. The Kier molecular flexibility index (Phi) is 5.48. The molecule has 6 heteroatoms. The Labute approximate surface area is 111 Å². The highest BCUT2D eigenvalue weighted by Crippen LogP contribution is 2.39. The summed E-state index contributed by atoms with van der Waals surface area (Å²) in [6, 6.07) is 4.91. The molecule has 0 heterocycles. The van der Waals surface area contributed by atoms with E-state index in [9.17, 15) is 9.90 Å². The van der Waals surface area contributed by atoms with E-state index >= 15 is 0 Å². The molecule has 1 aromatic carbocycles. The van der Waals surface area contributed by atoms with E-state index in [1.54, 1.807) is 0 Å². The number of nitrogens with zero attached hydrogens (tertiary/aromatic N) is 1. The lowest BCUT2D eigenvalue weighted by molar-refractivity contribution is 0.0596. The minimum absolute atomic E-state index is 0.00345. The molecule has 0 fully saturated rings. The number of phenols is 1. The zero-order chi connectivity index (χ0) is 14.3. The number of benzene rings is 1. The summed E-state index contributed by atoms with van der Waals surface area (Å²) < 4.78 is 14.9. The summed E-state index contributed by atoms with van der Waals surface area (Å²) in [5.74, 6) is -0.607. The molecule has 19 heavy (non-hydrogen) atoms. The smallest absolute Gasteiger partial charge is 0.341 e. The number of aromatic hydroxyl groups is 1. The number of nitriles is 1. The van der Waals surface area contributed by atoms with Gasteiger partial charge in [0.2, 0.25) is 5.75 Å². The van der Waals surface area contributed by atoms with E-state index in [1.807, 2.05) is 6.07 Å². The largest absolute Gasteiger partial charge is 0.504 e. The van der Waals surface area contributed by atoms with E-state index < -0.39 is 5.97 Å². The number of unbranched alkanes of at least 4 members (excludes halogenated alkanes) is 1. The van der Waals surface area contributed by atoms with Crippen molar-refractivity contribution in [3.05, 3.63) is 17.7 Å². The summed E-state index contributed by atoms with van der Waals surface area (Å²) in [5, 5.41) is 18.3. The highest BCUT2D eigenvalue weighted by Gasteiger charge is 2.19. The average molecular weight is 265 g/mol. The number of phenolic OH excluding ortho intramolecular Hbond substituents is 1. The first-order chi connectivity index (χ1) is 9.15. The third-order valence-electron chi connectivity index (χ3n) is 2.40. The van der Waals surface area contributed by atoms with Crippen LogP contribution in [0.5, 0.6) is 17.2 Å². The molecule has 1 aromatic rings. The third-order valence-corrected chi connectivity index (χ3v) is 2.40. The lowest BCUT2D eigenvalue weighted by Gasteiger charge is -2.13. The van der Waals surface area contributed by atoms with Gasteiger partial charge in [-0.05, 0) is 18.6 Å². The van der Waals surface area contributed by atoms with Crippen LogP contribution in [-0.4, -0.2) is 31.9 Å². The number of hydrogen-bond donors (Lipinski definition) is 1. The molecule has 0 unspecified atom stereocenters. The number of carbonyl (C=O) groups is 1. The van der Waals surface area contributed by atoms with Gasteiger partial charge in [-0.25, -0.2) is 4.79 Å². The summed E-state index contributed by atoms with van der Waals surface area (Å²) in [4.78, 5) is 11.4. The molecular formula is C13H15NO5. The number of ether oxygens (including phenoxy) is 3. The minimum atomic E-state index is -0.660. The Bertz CT molecular complexity index is 493. The van der Waals surface area contributed by atoms with Crippen LogP contribution in [0.4, 0.5) is 0 Å². The van der Waals surface area contributed by atoms with E-state index in [4.69, 9.17) is 14.7 Å². The van der Waals surface area contributed by atoms with Gasteiger partial charge in [-0.1, -0.05) is 0 Å². The van der Waals surface area contributed by atoms with Crippen molar-refractivity contribution in [3.63, 3.8) is 0 Å². The monoisotopic (exact) mass is 265 g/mol. The molecule has 1 rings (SSSR count). The molecule has 0 aliphatic carbocycles. The lowest BCUT2D eigenvalue weighted by atomic mass is 10.1. The summed E-state index contributed by atoms with van der Waals surface area (Å²) in [7, 11) is 2.58. The Morgan fingerprint density at radius 3 is 2.74 bits per heavy atom. The number of rotatable bonds is 6. The second-order valence-corrected chi connectivity index (χ2v) is 3.59. The number of hydrogen-bond acceptors (Lipinski definition) is 6. The molecule has 0 aromatic heterocycles. The van der Waals surface area contributed by atoms with Crippen LogP contribution in [0.3, 0.4) is 0 Å². The predicted octanol–water partition coefficient (Wildman–Crippen LogP) is 1.87. The SMILES string of the molecule is COC(=O)c1ccc(OCCCC#N)c(OC)c1O. The number of methoxy groups -OCH3 is 2. The van der Waals surface area contributed by atoms with Crippen molar-refractivity contribution in [2.45, 2.75) is 12.8 Å². The quantitative estimate of drug-likeness (QED) is 0.624. The first kappa shape index (κ1) is 14.6. The molecule has 102 valence electrons. The minimum Gasteiger partial charge on any atom is -0.504 e. The summed E-state index contributed by atoms with van der Waals surface area (Å²) in [5.41, 5.74) is 0.00345. The van der Waals surface area contributed by atoms with Crippen molar-refractivity contribution < 1.29 is 24.1 Å². The number of carbonyl (C=O) groups excluding carboxylic acids is 1. The summed E-state index contributed by atoms with van der Waals surface area (Å²) in [6.45, 7) is 0.320. The van der Waals surface area contributed by atoms with E-state index in [0.29, 0.717) is 25.2 Å². The second-order valence-electron chi connectivity index (χ2n) is 3.59. The van der Waals surface area contributed by atoms with Gasteiger partial charge in [0.15, 0.2) is 11.5 Å². The zero-order valence-electron chi connectivity index (χ0n) is 10.8. The number of esters is 1. The molecule has 6 nitrogen and oxygen atoms in total. The fourth-order valence-corrected chi connectivity index (χ4v) is 1.47. The van der Waals surface area contributed by atoms with Gasteiger partial charge in [-0.3, -0.25) is 0 Å². The van der Waals surface area contributed by atoms with Crippen molar-refractivity contribution >= 4 is 5.97 Å². The van der Waals surface area contributed by atoms with Gasteiger partial charge in [-0.15, -0.1) is 0 Å². The van der Waals surface area contributed by atoms with Crippen molar-refractivity contribution in [2.24, 2.45) is 0 Å². The average Bonchev–Trinajstić information content (AvgIpc) is 2.43. The van der Waals surface area contributed by atoms with Crippen molar-refractivity contribution in [3.8, 4) is 23.3 Å². The molecule has 0 bridgehead atoms. The van der Waals surface area contributed by atoms with Crippen LogP contribution >= 0.6 is 0 Å². The second kappa shape index (κ2) is 7.11. The molecule has 0 saturated carbocycles. The van der Waals surface area contributed by atoms with Crippen LogP contribution in [-0.2, 0) is 4.74 Å². The van der Waals surface area contributed by atoms with E-state index in [-0.39, 0.29) is 17.1 Å². The highest BCUT2D eigenvalue weighted by atomic mass is 16.5. The lowest BCUT2D eigenvalue weighted by Crippen LogP contribution is -2.04. The maximum atomic E-state index is 11.4. The topological polar surface area (TPSA) is 88.8 Å². The molecular weight excluding hydrogens is 250 g/mol. The fraction of sp³-hybridized carbons (Fsp3) is 0.385. The van der Waals surface area contributed by atoms with Crippen LogP contribution in [0.1, 0.15) is 23.2 Å². The first-order valence-corrected chi connectivity index (χ1v) is 5.63. The maximum absolute atomic E-state index is 11.4. The van der Waals surface area contributed by atoms with Crippen LogP contribution in [0, 0.1) is 11.3 Å². The van der Waals surface area contributed by atoms with Crippen molar-refractivity contribution in [1.82, 2.24) is 0 Å². The van der Waals surface area contributed by atoms with E-state index in [0.717, 1.165) is 0 Å². The van der Waals surface area contributed by atoms with Crippen LogP contribution in [0.2, 0.25) is 0 Å². The molecule has 1 N–H and O–H groups in total. The van der Waals surface area contributed by atoms with Gasteiger partial charge in [-0.2, -0.15) is 5.26 Å². The Morgan fingerprint density at radius 1 is 1.42 bits per heavy atom. The van der Waals surface area contributed by atoms with Crippen LogP contribution < -0.4 is 9.47 Å². The fourth-order valence-electron chi connectivity index (χ4n) is 1.47. The Hall–Kier alpha value is -2.42. The molecule has 0 aliphatic rings. The van der Waals surface area contributed by atoms with E-state index in [1.165, 1.54) is 26.4 Å². The van der Waals surface area contributed by atoms with Gasteiger partial charge in [0, 0.05) is 6.42 Å².